The number of benzene rings is 2. The zero-order chi connectivity index (χ0) is 31.6. The average molecular weight is 581 g/mol. The van der Waals surface area contributed by atoms with Gasteiger partial charge < -0.3 is 26.0 Å². The molecule has 2 unspecified atom stereocenters. The van der Waals surface area contributed by atoms with Gasteiger partial charge in [0.15, 0.2) is 0 Å². The monoisotopic (exact) mass is 580 g/mol. The van der Waals surface area contributed by atoms with Gasteiger partial charge in [0.25, 0.3) is 5.91 Å². The summed E-state index contributed by atoms with van der Waals surface area (Å²) >= 11 is 0. The van der Waals surface area contributed by atoms with Gasteiger partial charge in [-0.2, -0.15) is 0 Å². The second-order valence-corrected chi connectivity index (χ2v) is 12.0. The number of hydrogen-bond donors (Lipinski definition) is 3. The number of hydrogen-bond acceptors (Lipinski definition) is 5. The van der Waals surface area contributed by atoms with Crippen molar-refractivity contribution < 1.29 is 23.9 Å². The smallest absolute Gasteiger partial charge is 0.408 e. The third-order valence-corrected chi connectivity index (χ3v) is 6.96. The van der Waals surface area contributed by atoms with E-state index in [2.05, 4.69) is 17.6 Å². The Hall–Kier alpha value is -3.88. The highest BCUT2D eigenvalue weighted by Gasteiger charge is 2.37. The number of rotatable bonds is 13. The molecule has 4 N–H and O–H groups in total. The van der Waals surface area contributed by atoms with Crippen LogP contribution < -0.4 is 16.4 Å². The molecule has 0 bridgehead atoms. The van der Waals surface area contributed by atoms with Gasteiger partial charge in [-0.1, -0.05) is 61.7 Å². The molecule has 0 saturated heterocycles. The molecule has 230 valence electrons. The van der Waals surface area contributed by atoms with E-state index < -0.39 is 35.6 Å². The molecule has 2 aromatic carbocycles. The number of nitrogens with zero attached hydrogens (tertiary/aromatic N) is 1. The van der Waals surface area contributed by atoms with Gasteiger partial charge >= 0.3 is 6.09 Å². The molecular weight excluding hydrogens is 532 g/mol. The second-order valence-electron chi connectivity index (χ2n) is 12.0. The van der Waals surface area contributed by atoms with Crippen LogP contribution >= 0.6 is 0 Å². The summed E-state index contributed by atoms with van der Waals surface area (Å²) in [5, 5.41) is 5.73. The van der Waals surface area contributed by atoms with Crippen LogP contribution in [0, 0.1) is 27.7 Å². The molecule has 0 aromatic heterocycles. The molecule has 2 aromatic rings. The van der Waals surface area contributed by atoms with Crippen molar-refractivity contribution in [2.45, 2.75) is 105 Å². The lowest BCUT2D eigenvalue weighted by Gasteiger charge is -2.35. The zero-order valence-corrected chi connectivity index (χ0v) is 26.4. The van der Waals surface area contributed by atoms with Crippen LogP contribution in [0.25, 0.3) is 0 Å². The maximum absolute atomic E-state index is 14.4. The summed E-state index contributed by atoms with van der Waals surface area (Å²) in [5.41, 5.74) is 9.69. The number of carbonyl (C=O) groups excluding carboxylic acids is 4. The molecule has 2 atom stereocenters. The van der Waals surface area contributed by atoms with E-state index in [0.29, 0.717) is 17.7 Å². The van der Waals surface area contributed by atoms with Gasteiger partial charge in [0, 0.05) is 18.7 Å². The molecule has 0 fully saturated rings. The molecule has 2 rings (SSSR count). The molecule has 0 saturated carbocycles. The summed E-state index contributed by atoms with van der Waals surface area (Å²) in [6, 6.07) is 9.41. The van der Waals surface area contributed by atoms with Gasteiger partial charge in [0.05, 0.1) is 0 Å². The van der Waals surface area contributed by atoms with Gasteiger partial charge in [-0.25, -0.2) is 4.79 Å². The van der Waals surface area contributed by atoms with E-state index in [-0.39, 0.29) is 25.3 Å². The first-order chi connectivity index (χ1) is 19.6. The lowest BCUT2D eigenvalue weighted by atomic mass is 9.95. The van der Waals surface area contributed by atoms with Crippen molar-refractivity contribution in [1.29, 1.82) is 0 Å². The summed E-state index contributed by atoms with van der Waals surface area (Å²) in [6.07, 6.45) is 1.45. The zero-order valence-electron chi connectivity index (χ0n) is 26.4. The minimum absolute atomic E-state index is 0.0319. The number of nitrogens with two attached hydrogens (primary N) is 1. The SMILES string of the molecule is CCCCCN(C(=O)C(CCC(N)=O)NC(=O)OC(C)(C)C)C(C(=O)Nc1c(C)cccc1C)c1ccc(C)cc1C. The van der Waals surface area contributed by atoms with Crippen molar-refractivity contribution in [3.63, 3.8) is 0 Å². The third kappa shape index (κ3) is 10.2. The van der Waals surface area contributed by atoms with Crippen molar-refractivity contribution in [2.75, 3.05) is 11.9 Å². The van der Waals surface area contributed by atoms with Crippen LogP contribution in [-0.4, -0.2) is 46.9 Å². The maximum Gasteiger partial charge on any atom is 0.408 e. The number of para-hydroxylation sites is 1. The first-order valence-electron chi connectivity index (χ1n) is 14.7. The highest BCUT2D eigenvalue weighted by Crippen LogP contribution is 2.30. The van der Waals surface area contributed by atoms with E-state index in [1.54, 1.807) is 20.8 Å². The number of ether oxygens (including phenoxy) is 1. The van der Waals surface area contributed by atoms with E-state index in [1.807, 2.05) is 64.1 Å². The fourth-order valence-electron chi connectivity index (χ4n) is 4.88. The van der Waals surface area contributed by atoms with Crippen molar-refractivity contribution in [1.82, 2.24) is 10.2 Å². The number of carbonyl (C=O) groups is 4. The molecule has 0 aliphatic carbocycles. The average Bonchev–Trinajstić information content (AvgIpc) is 2.87. The minimum Gasteiger partial charge on any atom is -0.444 e. The minimum atomic E-state index is -1.13. The number of anilines is 1. The Morgan fingerprint density at radius 3 is 2.14 bits per heavy atom. The van der Waals surface area contributed by atoms with Crippen molar-refractivity contribution in [3.05, 3.63) is 64.2 Å². The largest absolute Gasteiger partial charge is 0.444 e. The number of unbranched alkanes of at least 4 members (excludes halogenated alkanes) is 2. The van der Waals surface area contributed by atoms with E-state index in [4.69, 9.17) is 10.5 Å². The number of amides is 4. The molecule has 4 amide bonds. The third-order valence-electron chi connectivity index (χ3n) is 6.96. The van der Waals surface area contributed by atoms with Crippen LogP contribution in [0.4, 0.5) is 10.5 Å². The van der Waals surface area contributed by atoms with Crippen LogP contribution in [0.5, 0.6) is 0 Å². The highest BCUT2D eigenvalue weighted by atomic mass is 16.6. The molecule has 0 spiro atoms. The number of aryl methyl sites for hydroxylation is 4. The molecule has 0 heterocycles. The summed E-state index contributed by atoms with van der Waals surface area (Å²) < 4.78 is 5.42. The Morgan fingerprint density at radius 2 is 1.60 bits per heavy atom. The van der Waals surface area contributed by atoms with E-state index >= 15 is 0 Å². The van der Waals surface area contributed by atoms with E-state index in [0.717, 1.165) is 35.1 Å². The number of primary amides is 1. The number of nitrogens with one attached hydrogen (secondary N) is 2. The van der Waals surface area contributed by atoms with Crippen LogP contribution in [0.2, 0.25) is 0 Å². The van der Waals surface area contributed by atoms with Gasteiger partial charge in [0.1, 0.15) is 17.7 Å². The first kappa shape index (κ1) is 34.3. The van der Waals surface area contributed by atoms with Gasteiger partial charge in [0.2, 0.25) is 11.8 Å². The Labute approximate surface area is 250 Å². The summed E-state index contributed by atoms with van der Waals surface area (Å²) in [7, 11) is 0. The molecule has 0 aliphatic rings. The van der Waals surface area contributed by atoms with Crippen LogP contribution in [0.15, 0.2) is 36.4 Å². The molecular formula is C33H48N4O5. The van der Waals surface area contributed by atoms with E-state index in [1.165, 1.54) is 4.90 Å². The van der Waals surface area contributed by atoms with Crippen LogP contribution in [0.1, 0.15) is 93.7 Å². The van der Waals surface area contributed by atoms with Crippen LogP contribution in [0.3, 0.4) is 0 Å². The summed E-state index contributed by atoms with van der Waals surface area (Å²) in [6.45, 7) is 15.2. The second kappa shape index (κ2) is 15.4. The lowest BCUT2D eigenvalue weighted by Crippen LogP contribution is -2.53. The van der Waals surface area contributed by atoms with Crippen molar-refractivity contribution >= 4 is 29.5 Å². The van der Waals surface area contributed by atoms with Gasteiger partial charge in [-0.15, -0.1) is 0 Å². The standard InChI is InChI=1S/C33H48N4O5/c1-9-10-11-19-37(31(40)26(17-18-27(34)38)35-32(41)42-33(6,7)8)29(25-16-15-21(2)20-24(25)5)30(39)36-28-22(3)13-12-14-23(28)4/h12-16,20,26,29H,9-11,17-19H2,1-8H3,(H2,34,38)(H,35,41)(H,36,39). The lowest BCUT2D eigenvalue weighted by molar-refractivity contribution is -0.141. The molecule has 0 radical (unpaired) electrons. The Kier molecular flexibility index (Phi) is 12.6. The molecule has 0 aliphatic heterocycles. The Bertz CT molecular complexity index is 1250. The molecule has 9 nitrogen and oxygen atoms in total. The number of alkyl carbamates (subject to hydrolysis) is 1. The molecule has 9 heteroatoms. The summed E-state index contributed by atoms with van der Waals surface area (Å²) in [5.74, 6) is -1.45. The van der Waals surface area contributed by atoms with Crippen molar-refractivity contribution in [2.24, 2.45) is 5.73 Å². The summed E-state index contributed by atoms with van der Waals surface area (Å²) in [4.78, 5) is 54.6. The van der Waals surface area contributed by atoms with Crippen molar-refractivity contribution in [3.8, 4) is 0 Å². The topological polar surface area (TPSA) is 131 Å². The Morgan fingerprint density at radius 1 is 0.952 bits per heavy atom. The molecule has 42 heavy (non-hydrogen) atoms. The fourth-order valence-corrected chi connectivity index (χ4v) is 4.88. The fraction of sp³-hybridized carbons (Fsp3) is 0.515. The normalized spacial score (nSPS) is 12.7. The van der Waals surface area contributed by atoms with Gasteiger partial charge in [-0.3, -0.25) is 14.4 Å². The van der Waals surface area contributed by atoms with Gasteiger partial charge in [-0.05, 0) is 83.6 Å². The highest BCUT2D eigenvalue weighted by molar-refractivity contribution is 6.00. The first-order valence-corrected chi connectivity index (χ1v) is 14.7. The quantitative estimate of drug-likeness (QED) is 0.259. The van der Waals surface area contributed by atoms with Crippen LogP contribution in [-0.2, 0) is 19.1 Å². The Balaban J connectivity index is 2.64. The maximum atomic E-state index is 14.4. The predicted octanol–water partition coefficient (Wildman–Crippen LogP) is 5.78. The predicted molar refractivity (Wildman–Crippen MR) is 166 cm³/mol. The van der Waals surface area contributed by atoms with E-state index in [9.17, 15) is 19.2 Å².